The van der Waals surface area contributed by atoms with Crippen molar-refractivity contribution in [3.63, 3.8) is 0 Å². The Balaban J connectivity index is 2.98. The van der Waals surface area contributed by atoms with Gasteiger partial charge in [0.05, 0.1) is 17.4 Å². The number of alkyl halides is 3. The molecule has 0 saturated carbocycles. The van der Waals surface area contributed by atoms with Crippen molar-refractivity contribution >= 4 is 0 Å². The van der Waals surface area contributed by atoms with E-state index in [0.717, 1.165) is 5.70 Å². The Labute approximate surface area is 106 Å². The molecule has 0 aromatic rings. The smallest absolute Gasteiger partial charge is 0.370 e. The maximum atomic E-state index is 12.8. The maximum Gasteiger partial charge on any atom is 0.416 e. The van der Waals surface area contributed by atoms with Crippen molar-refractivity contribution in [3.05, 3.63) is 35.2 Å². The lowest BCUT2D eigenvalue weighted by atomic mass is 10.1. The quantitative estimate of drug-likeness (QED) is 0.781. The molecule has 1 atom stereocenters. The molecule has 0 amide bonds. The standard InChI is InChI=1S/C13H19F3N2/c1-5-6-11(13(14,15)16)7-9(2)12-8-17-10(3)18(12)4/h6-8,10,17H,5H2,1-4H3/b9-7+,11-6+. The van der Waals surface area contributed by atoms with Gasteiger partial charge in [-0.3, -0.25) is 0 Å². The Kier molecular flexibility index (Phi) is 4.48. The third-order valence-electron chi connectivity index (χ3n) is 2.95. The zero-order valence-electron chi connectivity index (χ0n) is 11.1. The van der Waals surface area contributed by atoms with E-state index in [0.29, 0.717) is 12.0 Å². The summed E-state index contributed by atoms with van der Waals surface area (Å²) in [5.74, 6) is 0. The Bertz CT molecular complexity index is 392. The summed E-state index contributed by atoms with van der Waals surface area (Å²) in [6.45, 7) is 5.33. The van der Waals surface area contributed by atoms with Crippen molar-refractivity contribution in [2.75, 3.05) is 7.05 Å². The van der Waals surface area contributed by atoms with Gasteiger partial charge in [-0.05, 0) is 31.9 Å². The first kappa shape index (κ1) is 14.7. The number of allylic oxidation sites excluding steroid dienone is 4. The Morgan fingerprint density at radius 2 is 2.11 bits per heavy atom. The molecule has 0 radical (unpaired) electrons. The average molecular weight is 260 g/mol. The highest BCUT2D eigenvalue weighted by molar-refractivity contribution is 5.38. The van der Waals surface area contributed by atoms with Crippen molar-refractivity contribution in [3.8, 4) is 0 Å². The lowest BCUT2D eigenvalue weighted by Crippen LogP contribution is -2.30. The summed E-state index contributed by atoms with van der Waals surface area (Å²) in [4.78, 5) is 1.91. The largest absolute Gasteiger partial charge is 0.416 e. The van der Waals surface area contributed by atoms with Crippen LogP contribution in [0.2, 0.25) is 0 Å². The first-order valence-corrected chi connectivity index (χ1v) is 5.92. The fraction of sp³-hybridized carbons (Fsp3) is 0.538. The molecule has 0 aliphatic carbocycles. The predicted octanol–water partition coefficient (Wildman–Crippen LogP) is 3.55. The minimum atomic E-state index is -4.30. The van der Waals surface area contributed by atoms with Crippen LogP contribution in [0.4, 0.5) is 13.2 Å². The van der Waals surface area contributed by atoms with E-state index in [1.165, 1.54) is 12.2 Å². The van der Waals surface area contributed by atoms with Crippen LogP contribution in [0, 0.1) is 0 Å². The van der Waals surface area contributed by atoms with Gasteiger partial charge in [-0.25, -0.2) is 0 Å². The lowest BCUT2D eigenvalue weighted by molar-refractivity contribution is -0.0884. The highest BCUT2D eigenvalue weighted by atomic mass is 19.4. The fourth-order valence-corrected chi connectivity index (χ4v) is 1.80. The van der Waals surface area contributed by atoms with Gasteiger partial charge in [0, 0.05) is 13.2 Å². The van der Waals surface area contributed by atoms with E-state index in [9.17, 15) is 13.2 Å². The molecule has 0 aromatic carbocycles. The normalized spacial score (nSPS) is 22.1. The number of hydrogen-bond acceptors (Lipinski definition) is 2. The maximum absolute atomic E-state index is 12.8. The molecule has 1 N–H and O–H groups in total. The van der Waals surface area contributed by atoms with Gasteiger partial charge in [-0.2, -0.15) is 13.2 Å². The zero-order chi connectivity index (χ0) is 13.9. The zero-order valence-corrected chi connectivity index (χ0v) is 11.1. The van der Waals surface area contributed by atoms with Crippen molar-refractivity contribution in [1.82, 2.24) is 10.2 Å². The van der Waals surface area contributed by atoms with Crippen molar-refractivity contribution in [2.24, 2.45) is 0 Å². The van der Waals surface area contributed by atoms with Gasteiger partial charge >= 0.3 is 6.18 Å². The molecular formula is C13H19F3N2. The fourth-order valence-electron chi connectivity index (χ4n) is 1.80. The summed E-state index contributed by atoms with van der Waals surface area (Å²) < 4.78 is 38.3. The lowest BCUT2D eigenvalue weighted by Gasteiger charge is -2.22. The van der Waals surface area contributed by atoms with Gasteiger partial charge in [0.15, 0.2) is 0 Å². The molecule has 0 saturated heterocycles. The van der Waals surface area contributed by atoms with E-state index < -0.39 is 11.7 Å². The number of likely N-dealkylation sites (N-methyl/N-ethyl adjacent to an activating group) is 1. The summed E-state index contributed by atoms with van der Waals surface area (Å²) >= 11 is 0. The Morgan fingerprint density at radius 1 is 1.50 bits per heavy atom. The van der Waals surface area contributed by atoms with Gasteiger partial charge in [0.25, 0.3) is 0 Å². The van der Waals surface area contributed by atoms with Crippen molar-refractivity contribution in [1.29, 1.82) is 0 Å². The van der Waals surface area contributed by atoms with E-state index in [1.54, 1.807) is 20.0 Å². The van der Waals surface area contributed by atoms with Crippen LogP contribution < -0.4 is 5.32 Å². The molecule has 0 bridgehead atoms. The molecule has 1 unspecified atom stereocenters. The number of nitrogens with zero attached hydrogens (tertiary/aromatic N) is 1. The summed E-state index contributed by atoms with van der Waals surface area (Å²) in [5, 5.41) is 3.07. The third-order valence-corrected chi connectivity index (χ3v) is 2.95. The van der Waals surface area contributed by atoms with Crippen molar-refractivity contribution in [2.45, 2.75) is 39.5 Å². The first-order chi connectivity index (χ1) is 8.27. The molecule has 0 spiro atoms. The van der Waals surface area contributed by atoms with Crippen LogP contribution >= 0.6 is 0 Å². The van der Waals surface area contributed by atoms with Crippen LogP contribution in [-0.4, -0.2) is 24.3 Å². The van der Waals surface area contributed by atoms with Crippen LogP contribution in [0.5, 0.6) is 0 Å². The molecule has 1 rings (SSSR count). The van der Waals surface area contributed by atoms with Gasteiger partial charge in [-0.1, -0.05) is 13.0 Å². The average Bonchev–Trinajstić information content (AvgIpc) is 2.58. The molecule has 1 aliphatic heterocycles. The summed E-state index contributed by atoms with van der Waals surface area (Å²) in [6.07, 6.45) is 0.321. The summed E-state index contributed by atoms with van der Waals surface area (Å²) in [7, 11) is 1.85. The van der Waals surface area contributed by atoms with E-state index in [1.807, 2.05) is 18.9 Å². The third kappa shape index (κ3) is 3.31. The molecular weight excluding hydrogens is 241 g/mol. The minimum absolute atomic E-state index is 0.104. The summed E-state index contributed by atoms with van der Waals surface area (Å²) in [6, 6.07) is 0. The second kappa shape index (κ2) is 5.50. The second-order valence-electron chi connectivity index (χ2n) is 4.38. The van der Waals surface area contributed by atoms with Gasteiger partial charge in [0.1, 0.15) is 0 Å². The Hall–Kier alpha value is -1.39. The molecule has 0 fully saturated rings. The number of nitrogens with one attached hydrogen (secondary N) is 1. The second-order valence-corrected chi connectivity index (χ2v) is 4.38. The molecule has 0 aromatic heterocycles. The van der Waals surface area contributed by atoms with Gasteiger partial charge < -0.3 is 10.2 Å². The SMILES string of the molecule is CC/C=C(\C=C(/C)C1=CNC(C)N1C)C(F)(F)F. The van der Waals surface area contributed by atoms with Crippen LogP contribution in [0.25, 0.3) is 0 Å². The molecule has 18 heavy (non-hydrogen) atoms. The van der Waals surface area contributed by atoms with E-state index in [2.05, 4.69) is 5.32 Å². The van der Waals surface area contributed by atoms with Crippen LogP contribution in [0.3, 0.4) is 0 Å². The molecule has 1 heterocycles. The first-order valence-electron chi connectivity index (χ1n) is 5.92. The minimum Gasteiger partial charge on any atom is -0.370 e. The van der Waals surface area contributed by atoms with Crippen LogP contribution in [0.15, 0.2) is 35.2 Å². The summed E-state index contributed by atoms with van der Waals surface area (Å²) in [5.41, 5.74) is 0.802. The topological polar surface area (TPSA) is 15.3 Å². The van der Waals surface area contributed by atoms with Crippen LogP contribution in [-0.2, 0) is 0 Å². The number of halogens is 3. The monoisotopic (exact) mass is 260 g/mol. The van der Waals surface area contributed by atoms with Gasteiger partial charge in [0.2, 0.25) is 0 Å². The van der Waals surface area contributed by atoms with Crippen LogP contribution in [0.1, 0.15) is 27.2 Å². The van der Waals surface area contributed by atoms with E-state index in [-0.39, 0.29) is 6.17 Å². The molecule has 2 nitrogen and oxygen atoms in total. The Morgan fingerprint density at radius 3 is 2.50 bits per heavy atom. The molecule has 5 heteroatoms. The van der Waals surface area contributed by atoms with E-state index in [4.69, 9.17) is 0 Å². The highest BCUT2D eigenvalue weighted by Gasteiger charge is 2.32. The molecule has 102 valence electrons. The van der Waals surface area contributed by atoms with E-state index >= 15 is 0 Å². The number of hydrogen-bond donors (Lipinski definition) is 1. The highest BCUT2D eigenvalue weighted by Crippen LogP contribution is 2.30. The number of rotatable bonds is 3. The predicted molar refractivity (Wildman–Crippen MR) is 66.6 cm³/mol. The van der Waals surface area contributed by atoms with Crippen molar-refractivity contribution < 1.29 is 13.2 Å². The van der Waals surface area contributed by atoms with Gasteiger partial charge in [-0.15, -0.1) is 0 Å². The molecule has 1 aliphatic rings.